The summed E-state index contributed by atoms with van der Waals surface area (Å²) in [7, 11) is 3.97. The maximum absolute atomic E-state index is 12.3. The van der Waals surface area contributed by atoms with Gasteiger partial charge in [0.25, 0.3) is 5.91 Å². The minimum Gasteiger partial charge on any atom is -0.362 e. The Morgan fingerprint density at radius 3 is 2.52 bits per heavy atom. The first-order chi connectivity index (χ1) is 14.0. The molecule has 1 heterocycles. The third kappa shape index (κ3) is 5.44. The minimum absolute atomic E-state index is 0.0843. The van der Waals surface area contributed by atoms with Crippen molar-refractivity contribution in [3.05, 3.63) is 47.2 Å². The molecule has 1 amide bonds. The van der Waals surface area contributed by atoms with Gasteiger partial charge in [-0.05, 0) is 62.8 Å². The van der Waals surface area contributed by atoms with E-state index >= 15 is 0 Å². The highest BCUT2D eigenvalue weighted by atomic mass is 16.1. The van der Waals surface area contributed by atoms with Crippen LogP contribution in [0, 0.1) is 24.2 Å². The molecular weight excluding hydrogens is 364 g/mol. The van der Waals surface area contributed by atoms with Gasteiger partial charge in [-0.15, -0.1) is 0 Å². The molecule has 0 unspecified atom stereocenters. The molecule has 1 fully saturated rings. The van der Waals surface area contributed by atoms with E-state index in [1.165, 1.54) is 0 Å². The van der Waals surface area contributed by atoms with Crippen LogP contribution in [0.2, 0.25) is 0 Å². The molecule has 0 saturated heterocycles. The highest BCUT2D eigenvalue weighted by Crippen LogP contribution is 2.26. The van der Waals surface area contributed by atoms with Gasteiger partial charge in [-0.1, -0.05) is 0 Å². The molecular formula is C22H28N6O. The van der Waals surface area contributed by atoms with Crippen molar-refractivity contribution in [3.8, 4) is 6.07 Å². The fraction of sp³-hybridized carbons (Fsp3) is 0.455. The summed E-state index contributed by atoms with van der Waals surface area (Å²) in [5.74, 6) is 2.00. The van der Waals surface area contributed by atoms with Crippen LogP contribution in [0.15, 0.2) is 30.5 Å². The molecule has 3 rings (SSSR count). The molecule has 29 heavy (non-hydrogen) atoms. The van der Waals surface area contributed by atoms with Crippen LogP contribution in [-0.2, 0) is 0 Å². The Bertz CT molecular complexity index is 879. The quantitative estimate of drug-likeness (QED) is 0.784. The molecule has 0 bridgehead atoms. The standard InChI is InChI=1S/C22H28N6O/c1-15-13-25-22(27-20(15)28(2)3)26-19-10-6-17(7-11-19)14-24-21(29)18-8-4-16(12-23)5-9-18/h4-5,8-9,13,17,19H,6-7,10-11,14H2,1-3H3,(H,24,29)(H,25,26,27). The zero-order valence-corrected chi connectivity index (χ0v) is 17.3. The van der Waals surface area contributed by atoms with Gasteiger partial charge in [-0.25, -0.2) is 4.98 Å². The van der Waals surface area contributed by atoms with E-state index in [9.17, 15) is 4.79 Å². The van der Waals surface area contributed by atoms with E-state index in [0.29, 0.717) is 35.6 Å². The van der Waals surface area contributed by atoms with Crippen LogP contribution < -0.4 is 15.5 Å². The number of aryl methyl sites for hydroxylation is 1. The summed E-state index contributed by atoms with van der Waals surface area (Å²) in [5, 5.41) is 15.3. The summed E-state index contributed by atoms with van der Waals surface area (Å²) in [6, 6.07) is 9.14. The lowest BCUT2D eigenvalue weighted by molar-refractivity contribution is 0.0943. The highest BCUT2D eigenvalue weighted by Gasteiger charge is 2.22. The van der Waals surface area contributed by atoms with E-state index in [4.69, 9.17) is 5.26 Å². The number of carbonyl (C=O) groups excluding carboxylic acids is 1. The number of amides is 1. The summed E-state index contributed by atoms with van der Waals surface area (Å²) in [5.41, 5.74) is 2.21. The van der Waals surface area contributed by atoms with Crippen molar-refractivity contribution in [1.82, 2.24) is 15.3 Å². The predicted octanol–water partition coefficient (Wildman–Crippen LogP) is 3.12. The van der Waals surface area contributed by atoms with E-state index in [1.807, 2.05) is 32.1 Å². The van der Waals surface area contributed by atoms with E-state index < -0.39 is 0 Å². The maximum atomic E-state index is 12.3. The fourth-order valence-corrected chi connectivity index (χ4v) is 3.68. The van der Waals surface area contributed by atoms with Crippen LogP contribution in [-0.4, -0.2) is 42.6 Å². The summed E-state index contributed by atoms with van der Waals surface area (Å²) in [6.07, 6.45) is 6.03. The van der Waals surface area contributed by atoms with Gasteiger partial charge in [-0.3, -0.25) is 4.79 Å². The molecule has 2 aromatic rings. The fourth-order valence-electron chi connectivity index (χ4n) is 3.68. The molecule has 0 radical (unpaired) electrons. The Labute approximate surface area is 172 Å². The number of rotatable bonds is 6. The first-order valence-corrected chi connectivity index (χ1v) is 10.0. The lowest BCUT2D eigenvalue weighted by atomic mass is 9.86. The van der Waals surface area contributed by atoms with Crippen LogP contribution >= 0.6 is 0 Å². The molecule has 1 aromatic carbocycles. The van der Waals surface area contributed by atoms with Gasteiger partial charge in [0.1, 0.15) is 5.82 Å². The van der Waals surface area contributed by atoms with Crippen molar-refractivity contribution in [2.24, 2.45) is 5.92 Å². The summed E-state index contributed by atoms with van der Waals surface area (Å²) in [6.45, 7) is 2.69. The number of aromatic nitrogens is 2. The number of hydrogen-bond acceptors (Lipinski definition) is 6. The van der Waals surface area contributed by atoms with Crippen molar-refractivity contribution < 1.29 is 4.79 Å². The van der Waals surface area contributed by atoms with Crippen LogP contribution in [0.4, 0.5) is 11.8 Å². The normalized spacial score (nSPS) is 18.6. The van der Waals surface area contributed by atoms with Gasteiger partial charge in [0.05, 0.1) is 11.6 Å². The summed E-state index contributed by atoms with van der Waals surface area (Å²) >= 11 is 0. The summed E-state index contributed by atoms with van der Waals surface area (Å²) in [4.78, 5) is 23.3. The molecule has 152 valence electrons. The molecule has 1 aliphatic rings. The average Bonchev–Trinajstić information content (AvgIpc) is 2.74. The average molecular weight is 393 g/mol. The third-order valence-corrected chi connectivity index (χ3v) is 5.38. The first-order valence-electron chi connectivity index (χ1n) is 10.0. The molecule has 1 aromatic heterocycles. The largest absolute Gasteiger partial charge is 0.362 e. The molecule has 1 aliphatic carbocycles. The number of nitrogens with one attached hydrogen (secondary N) is 2. The van der Waals surface area contributed by atoms with E-state index in [1.54, 1.807) is 24.3 Å². The molecule has 0 spiro atoms. The van der Waals surface area contributed by atoms with Crippen LogP contribution in [0.5, 0.6) is 0 Å². The zero-order chi connectivity index (χ0) is 20.8. The number of hydrogen-bond donors (Lipinski definition) is 2. The molecule has 7 nitrogen and oxygen atoms in total. The van der Waals surface area contributed by atoms with Crippen molar-refractivity contribution >= 4 is 17.7 Å². The maximum Gasteiger partial charge on any atom is 0.251 e. The van der Waals surface area contributed by atoms with Gasteiger partial charge in [0, 0.05) is 44.0 Å². The Morgan fingerprint density at radius 1 is 1.21 bits per heavy atom. The topological polar surface area (TPSA) is 93.9 Å². The lowest BCUT2D eigenvalue weighted by Gasteiger charge is -2.29. The highest BCUT2D eigenvalue weighted by molar-refractivity contribution is 5.94. The molecule has 7 heteroatoms. The van der Waals surface area contributed by atoms with Gasteiger partial charge in [0.2, 0.25) is 5.95 Å². The molecule has 0 atom stereocenters. The van der Waals surface area contributed by atoms with Gasteiger partial charge < -0.3 is 15.5 Å². The molecule has 1 saturated carbocycles. The molecule has 0 aliphatic heterocycles. The Hall–Kier alpha value is -3.14. The Balaban J connectivity index is 1.45. The Morgan fingerprint density at radius 2 is 1.90 bits per heavy atom. The number of nitrogens with zero attached hydrogens (tertiary/aromatic N) is 4. The second-order valence-corrected chi connectivity index (χ2v) is 7.86. The summed E-state index contributed by atoms with van der Waals surface area (Å²) < 4.78 is 0. The smallest absolute Gasteiger partial charge is 0.251 e. The minimum atomic E-state index is -0.0843. The van der Waals surface area contributed by atoms with Gasteiger partial charge >= 0.3 is 0 Å². The van der Waals surface area contributed by atoms with Crippen molar-refractivity contribution in [2.45, 2.75) is 38.6 Å². The van der Waals surface area contributed by atoms with Crippen molar-refractivity contribution in [3.63, 3.8) is 0 Å². The molecule has 2 N–H and O–H groups in total. The van der Waals surface area contributed by atoms with Crippen molar-refractivity contribution in [2.75, 3.05) is 30.9 Å². The second kappa shape index (κ2) is 9.37. The zero-order valence-electron chi connectivity index (χ0n) is 17.3. The van der Waals surface area contributed by atoms with Crippen LogP contribution in [0.3, 0.4) is 0 Å². The van der Waals surface area contributed by atoms with E-state index in [-0.39, 0.29) is 5.91 Å². The number of carbonyl (C=O) groups is 1. The van der Waals surface area contributed by atoms with E-state index in [0.717, 1.165) is 37.1 Å². The predicted molar refractivity (Wildman–Crippen MR) is 114 cm³/mol. The lowest BCUT2D eigenvalue weighted by Crippen LogP contribution is -2.34. The van der Waals surface area contributed by atoms with E-state index in [2.05, 4.69) is 26.7 Å². The van der Waals surface area contributed by atoms with Gasteiger partial charge in [-0.2, -0.15) is 10.2 Å². The monoisotopic (exact) mass is 392 g/mol. The number of benzene rings is 1. The Kier molecular flexibility index (Phi) is 6.65. The number of nitriles is 1. The third-order valence-electron chi connectivity index (χ3n) is 5.38. The first kappa shape index (κ1) is 20.6. The SMILES string of the molecule is Cc1cnc(NC2CCC(CNC(=O)c3ccc(C#N)cc3)CC2)nc1N(C)C. The number of anilines is 2. The second-order valence-electron chi connectivity index (χ2n) is 7.86. The van der Waals surface area contributed by atoms with Crippen LogP contribution in [0.25, 0.3) is 0 Å². The van der Waals surface area contributed by atoms with Crippen LogP contribution in [0.1, 0.15) is 47.2 Å². The van der Waals surface area contributed by atoms with Crippen molar-refractivity contribution in [1.29, 1.82) is 5.26 Å². The van der Waals surface area contributed by atoms with Gasteiger partial charge in [0.15, 0.2) is 0 Å².